The van der Waals surface area contributed by atoms with Gasteiger partial charge in [0, 0.05) is 17.2 Å². The topological polar surface area (TPSA) is 69.4 Å². The number of rotatable bonds is 3. The highest BCUT2D eigenvalue weighted by Crippen LogP contribution is 2.29. The fourth-order valence-electron chi connectivity index (χ4n) is 1.84. The lowest BCUT2D eigenvalue weighted by molar-refractivity contribution is -0.384. The SMILES string of the molecule is COC(=O)c1cc(-c2cc(F)cc(Cl)c2)cc([N+](=O)[O-])c1. The van der Waals surface area contributed by atoms with E-state index in [9.17, 15) is 19.3 Å². The van der Waals surface area contributed by atoms with E-state index in [2.05, 4.69) is 4.74 Å². The maximum Gasteiger partial charge on any atom is 0.338 e. The molecule has 0 unspecified atom stereocenters. The van der Waals surface area contributed by atoms with Gasteiger partial charge in [0.2, 0.25) is 0 Å². The average Bonchev–Trinajstić information content (AvgIpc) is 2.44. The smallest absolute Gasteiger partial charge is 0.338 e. The number of methoxy groups -OCH3 is 1. The van der Waals surface area contributed by atoms with Crippen LogP contribution in [0.2, 0.25) is 5.02 Å². The second kappa shape index (κ2) is 5.88. The Bertz CT molecular complexity index is 713. The number of benzene rings is 2. The summed E-state index contributed by atoms with van der Waals surface area (Å²) in [5, 5.41) is 11.1. The van der Waals surface area contributed by atoms with E-state index in [1.165, 1.54) is 31.4 Å². The van der Waals surface area contributed by atoms with Crippen LogP contribution in [0.1, 0.15) is 10.4 Å². The first-order valence-electron chi connectivity index (χ1n) is 5.75. The molecule has 108 valence electrons. The summed E-state index contributed by atoms with van der Waals surface area (Å²) < 4.78 is 17.9. The molecule has 0 atom stereocenters. The van der Waals surface area contributed by atoms with Crippen LogP contribution in [-0.2, 0) is 4.74 Å². The Labute approximate surface area is 124 Å². The Kier molecular flexibility index (Phi) is 4.18. The third-order valence-electron chi connectivity index (χ3n) is 2.75. The minimum atomic E-state index is -0.720. The molecule has 0 radical (unpaired) electrons. The Morgan fingerprint density at radius 3 is 2.43 bits per heavy atom. The minimum absolute atomic E-state index is 0.00193. The number of nitro groups is 1. The van der Waals surface area contributed by atoms with Crippen LogP contribution in [0.4, 0.5) is 10.1 Å². The van der Waals surface area contributed by atoms with E-state index in [-0.39, 0.29) is 16.3 Å². The molecule has 0 aliphatic rings. The van der Waals surface area contributed by atoms with Crippen molar-refractivity contribution in [2.45, 2.75) is 0 Å². The van der Waals surface area contributed by atoms with Gasteiger partial charge in [0.25, 0.3) is 5.69 Å². The third kappa shape index (κ3) is 3.35. The van der Waals surface area contributed by atoms with E-state index in [1.54, 1.807) is 0 Å². The summed E-state index contributed by atoms with van der Waals surface area (Å²) in [5.41, 5.74) is 0.329. The minimum Gasteiger partial charge on any atom is -0.465 e. The fraction of sp³-hybridized carbons (Fsp3) is 0.0714. The predicted molar refractivity (Wildman–Crippen MR) is 74.8 cm³/mol. The van der Waals surface area contributed by atoms with Gasteiger partial charge in [-0.15, -0.1) is 0 Å². The number of halogens is 2. The average molecular weight is 310 g/mol. The first-order chi connectivity index (χ1) is 9.90. The molecule has 7 heteroatoms. The van der Waals surface area contributed by atoms with Crippen molar-refractivity contribution in [3.05, 3.63) is 62.9 Å². The molecule has 0 saturated carbocycles. The van der Waals surface area contributed by atoms with Crippen LogP contribution in [0.5, 0.6) is 0 Å². The van der Waals surface area contributed by atoms with Gasteiger partial charge in [-0.3, -0.25) is 10.1 Å². The summed E-state index contributed by atoms with van der Waals surface area (Å²) >= 11 is 5.77. The zero-order valence-electron chi connectivity index (χ0n) is 10.8. The number of carbonyl (C=O) groups excluding carboxylic acids is 1. The van der Waals surface area contributed by atoms with Crippen molar-refractivity contribution in [2.75, 3.05) is 7.11 Å². The molecule has 0 spiro atoms. The number of non-ortho nitro benzene ring substituents is 1. The molecule has 0 bridgehead atoms. The molecular weight excluding hydrogens is 301 g/mol. The van der Waals surface area contributed by atoms with Crippen LogP contribution >= 0.6 is 11.6 Å². The van der Waals surface area contributed by atoms with Gasteiger partial charge in [-0.25, -0.2) is 9.18 Å². The zero-order valence-corrected chi connectivity index (χ0v) is 11.6. The second-order valence-corrected chi connectivity index (χ2v) is 4.61. The van der Waals surface area contributed by atoms with Crippen LogP contribution in [0.15, 0.2) is 36.4 Å². The molecule has 0 aromatic heterocycles. The summed E-state index contributed by atoms with van der Waals surface area (Å²) in [6.07, 6.45) is 0. The van der Waals surface area contributed by atoms with Crippen molar-refractivity contribution in [1.82, 2.24) is 0 Å². The zero-order chi connectivity index (χ0) is 15.6. The number of hydrogen-bond donors (Lipinski definition) is 0. The lowest BCUT2D eigenvalue weighted by Crippen LogP contribution is -2.02. The van der Waals surface area contributed by atoms with E-state index in [4.69, 9.17) is 11.6 Å². The highest BCUT2D eigenvalue weighted by Gasteiger charge is 2.16. The first kappa shape index (κ1) is 14.9. The Morgan fingerprint density at radius 2 is 1.86 bits per heavy atom. The Morgan fingerprint density at radius 1 is 1.19 bits per heavy atom. The maximum absolute atomic E-state index is 13.4. The summed E-state index contributed by atoms with van der Waals surface area (Å²) in [6.45, 7) is 0. The van der Waals surface area contributed by atoms with Gasteiger partial charge >= 0.3 is 5.97 Å². The predicted octanol–water partition coefficient (Wildman–Crippen LogP) is 3.84. The fourth-order valence-corrected chi connectivity index (χ4v) is 2.06. The van der Waals surface area contributed by atoms with Crippen molar-refractivity contribution in [3.8, 4) is 11.1 Å². The Hall–Kier alpha value is -2.47. The number of nitro benzene ring substituents is 1. The molecule has 2 rings (SSSR count). The van der Waals surface area contributed by atoms with Crippen LogP contribution in [0, 0.1) is 15.9 Å². The van der Waals surface area contributed by atoms with Crippen LogP contribution < -0.4 is 0 Å². The van der Waals surface area contributed by atoms with Gasteiger partial charge in [-0.1, -0.05) is 11.6 Å². The van der Waals surface area contributed by atoms with E-state index >= 15 is 0 Å². The molecule has 0 amide bonds. The van der Waals surface area contributed by atoms with Crippen molar-refractivity contribution < 1.29 is 18.8 Å². The van der Waals surface area contributed by atoms with Crippen molar-refractivity contribution >= 4 is 23.3 Å². The van der Waals surface area contributed by atoms with Crippen LogP contribution in [0.3, 0.4) is 0 Å². The Balaban J connectivity index is 2.64. The number of ether oxygens (including phenoxy) is 1. The van der Waals surface area contributed by atoms with E-state index in [0.717, 1.165) is 12.1 Å². The van der Waals surface area contributed by atoms with E-state index in [1.807, 2.05) is 0 Å². The van der Waals surface area contributed by atoms with E-state index in [0.29, 0.717) is 11.1 Å². The lowest BCUT2D eigenvalue weighted by atomic mass is 10.0. The molecule has 0 aliphatic heterocycles. The second-order valence-electron chi connectivity index (χ2n) is 4.18. The number of esters is 1. The molecule has 21 heavy (non-hydrogen) atoms. The largest absolute Gasteiger partial charge is 0.465 e. The molecule has 5 nitrogen and oxygen atoms in total. The highest BCUT2D eigenvalue weighted by atomic mass is 35.5. The summed E-state index contributed by atoms with van der Waals surface area (Å²) in [7, 11) is 1.17. The van der Waals surface area contributed by atoms with Crippen LogP contribution in [-0.4, -0.2) is 18.0 Å². The van der Waals surface area contributed by atoms with Gasteiger partial charge in [-0.2, -0.15) is 0 Å². The number of carbonyl (C=O) groups is 1. The maximum atomic E-state index is 13.4. The van der Waals surface area contributed by atoms with Crippen LogP contribution in [0.25, 0.3) is 11.1 Å². The summed E-state index contributed by atoms with van der Waals surface area (Å²) in [6, 6.07) is 7.44. The molecule has 0 N–H and O–H groups in total. The van der Waals surface area contributed by atoms with Gasteiger partial charge in [0.1, 0.15) is 5.82 Å². The lowest BCUT2D eigenvalue weighted by Gasteiger charge is -2.06. The molecule has 0 heterocycles. The molecule has 2 aromatic carbocycles. The number of nitrogens with zero attached hydrogens (tertiary/aromatic N) is 1. The monoisotopic (exact) mass is 309 g/mol. The van der Waals surface area contributed by atoms with Gasteiger partial charge < -0.3 is 4.74 Å². The molecule has 0 saturated heterocycles. The first-order valence-corrected chi connectivity index (χ1v) is 6.13. The van der Waals surface area contributed by atoms with Crippen molar-refractivity contribution in [2.24, 2.45) is 0 Å². The quantitative estimate of drug-likeness (QED) is 0.490. The van der Waals surface area contributed by atoms with Crippen molar-refractivity contribution in [3.63, 3.8) is 0 Å². The third-order valence-corrected chi connectivity index (χ3v) is 2.96. The number of hydrogen-bond acceptors (Lipinski definition) is 4. The summed E-state index contributed by atoms with van der Waals surface area (Å²) in [5.74, 6) is -1.30. The molecule has 0 fully saturated rings. The van der Waals surface area contributed by atoms with Gasteiger partial charge in [-0.05, 0) is 35.4 Å². The highest BCUT2D eigenvalue weighted by molar-refractivity contribution is 6.30. The standard InChI is InChI=1S/C14H9ClFNO4/c1-21-14(18)10-2-8(5-13(6-10)17(19)20)9-3-11(15)7-12(16)4-9/h2-7H,1H3. The summed E-state index contributed by atoms with van der Waals surface area (Å²) in [4.78, 5) is 21.9. The van der Waals surface area contributed by atoms with Gasteiger partial charge in [0.15, 0.2) is 0 Å². The molecular formula is C14H9ClFNO4. The molecule has 2 aromatic rings. The van der Waals surface area contributed by atoms with E-state index < -0.39 is 16.7 Å². The molecule has 0 aliphatic carbocycles. The van der Waals surface area contributed by atoms with Crippen molar-refractivity contribution in [1.29, 1.82) is 0 Å². The normalized spacial score (nSPS) is 10.2. The van der Waals surface area contributed by atoms with Gasteiger partial charge in [0.05, 0.1) is 17.6 Å².